The van der Waals surface area contributed by atoms with E-state index in [9.17, 15) is 0 Å². The van der Waals surface area contributed by atoms with Crippen LogP contribution in [0.3, 0.4) is 0 Å². The van der Waals surface area contributed by atoms with Crippen LogP contribution in [-0.2, 0) is 6.42 Å². The summed E-state index contributed by atoms with van der Waals surface area (Å²) in [5.74, 6) is 0. The Morgan fingerprint density at radius 3 is 2.50 bits per heavy atom. The Kier molecular flexibility index (Phi) is 3.29. The van der Waals surface area contributed by atoms with E-state index in [4.69, 9.17) is 5.21 Å². The van der Waals surface area contributed by atoms with Gasteiger partial charge in [0, 0.05) is 10.9 Å². The van der Waals surface area contributed by atoms with Crippen LogP contribution in [0.1, 0.15) is 12.5 Å². The first-order valence-corrected chi connectivity index (χ1v) is 4.43. The van der Waals surface area contributed by atoms with Gasteiger partial charge in [0.15, 0.2) is 0 Å². The molecular weight excluding hydrogens is 218 g/mol. The highest BCUT2D eigenvalue weighted by atomic mass is 79.9. The fourth-order valence-corrected chi connectivity index (χ4v) is 1.20. The van der Waals surface area contributed by atoms with Crippen molar-refractivity contribution in [1.29, 1.82) is 0 Å². The highest BCUT2D eigenvalue weighted by Gasteiger charge is 1.95. The van der Waals surface area contributed by atoms with Gasteiger partial charge in [-0.25, -0.2) is 0 Å². The van der Waals surface area contributed by atoms with Crippen molar-refractivity contribution in [3.63, 3.8) is 0 Å². The van der Waals surface area contributed by atoms with Gasteiger partial charge in [-0.05, 0) is 24.6 Å². The first-order chi connectivity index (χ1) is 5.72. The lowest BCUT2D eigenvalue weighted by atomic mass is 10.1. The summed E-state index contributed by atoms with van der Waals surface area (Å²) in [7, 11) is 0. The summed E-state index contributed by atoms with van der Waals surface area (Å²) >= 11 is 3.35. The van der Waals surface area contributed by atoms with Crippen LogP contribution in [0.5, 0.6) is 0 Å². The van der Waals surface area contributed by atoms with Crippen molar-refractivity contribution in [1.82, 2.24) is 0 Å². The normalized spacial score (nSPS) is 11.7. The molecule has 0 aromatic heterocycles. The van der Waals surface area contributed by atoms with E-state index in [1.54, 1.807) is 6.92 Å². The van der Waals surface area contributed by atoms with Crippen molar-refractivity contribution in [2.24, 2.45) is 5.16 Å². The van der Waals surface area contributed by atoms with Gasteiger partial charge in [-0.2, -0.15) is 0 Å². The zero-order chi connectivity index (χ0) is 8.97. The van der Waals surface area contributed by atoms with Gasteiger partial charge in [-0.1, -0.05) is 33.2 Å². The molecule has 0 atom stereocenters. The van der Waals surface area contributed by atoms with Crippen LogP contribution >= 0.6 is 15.9 Å². The number of rotatable bonds is 2. The Hall–Kier alpha value is -0.830. The fraction of sp³-hybridized carbons (Fsp3) is 0.222. The molecule has 1 aromatic rings. The number of hydrogen-bond acceptors (Lipinski definition) is 2. The van der Waals surface area contributed by atoms with E-state index in [0.29, 0.717) is 6.42 Å². The molecule has 0 aliphatic heterocycles. The summed E-state index contributed by atoms with van der Waals surface area (Å²) in [4.78, 5) is 0. The predicted molar refractivity (Wildman–Crippen MR) is 52.7 cm³/mol. The second kappa shape index (κ2) is 4.26. The summed E-state index contributed by atoms with van der Waals surface area (Å²) < 4.78 is 1.06. The first kappa shape index (κ1) is 9.26. The average molecular weight is 228 g/mol. The van der Waals surface area contributed by atoms with E-state index in [2.05, 4.69) is 21.1 Å². The molecule has 0 aliphatic carbocycles. The Morgan fingerprint density at radius 2 is 2.00 bits per heavy atom. The van der Waals surface area contributed by atoms with Gasteiger partial charge in [-0.3, -0.25) is 0 Å². The van der Waals surface area contributed by atoms with Gasteiger partial charge in [0.1, 0.15) is 0 Å². The molecule has 0 aliphatic rings. The zero-order valence-corrected chi connectivity index (χ0v) is 8.37. The molecule has 1 N–H and O–H groups in total. The number of oxime groups is 1. The van der Waals surface area contributed by atoms with Crippen LogP contribution in [0, 0.1) is 0 Å². The molecule has 1 rings (SSSR count). The van der Waals surface area contributed by atoms with Crippen molar-refractivity contribution < 1.29 is 5.21 Å². The Labute approximate surface area is 80.0 Å². The Morgan fingerprint density at radius 1 is 1.42 bits per heavy atom. The molecule has 0 amide bonds. The van der Waals surface area contributed by atoms with E-state index in [1.807, 2.05) is 24.3 Å². The molecule has 64 valence electrons. The number of halogens is 1. The van der Waals surface area contributed by atoms with Gasteiger partial charge in [-0.15, -0.1) is 0 Å². The van der Waals surface area contributed by atoms with E-state index in [1.165, 1.54) is 0 Å². The minimum atomic E-state index is 0.698. The van der Waals surface area contributed by atoms with Crippen molar-refractivity contribution in [3.05, 3.63) is 34.3 Å². The van der Waals surface area contributed by atoms with Crippen LogP contribution in [0.15, 0.2) is 33.9 Å². The van der Waals surface area contributed by atoms with Crippen LogP contribution in [0.2, 0.25) is 0 Å². The van der Waals surface area contributed by atoms with Gasteiger partial charge in [0.25, 0.3) is 0 Å². The summed E-state index contributed by atoms with van der Waals surface area (Å²) in [5, 5.41) is 11.5. The van der Waals surface area contributed by atoms with Crippen LogP contribution in [-0.4, -0.2) is 10.9 Å². The third kappa shape index (κ3) is 2.66. The standard InChI is InChI=1S/C9H10BrNO/c1-7(11-12)6-8-2-4-9(10)5-3-8/h2-5,12H,6H2,1H3. The third-order valence-electron chi connectivity index (χ3n) is 1.54. The summed E-state index contributed by atoms with van der Waals surface area (Å²) in [6.45, 7) is 1.79. The molecular formula is C9H10BrNO. The molecule has 0 bridgehead atoms. The predicted octanol–water partition coefficient (Wildman–Crippen LogP) is 2.84. The first-order valence-electron chi connectivity index (χ1n) is 3.64. The number of nitrogens with zero attached hydrogens (tertiary/aromatic N) is 1. The van der Waals surface area contributed by atoms with Crippen molar-refractivity contribution in [3.8, 4) is 0 Å². The quantitative estimate of drug-likeness (QED) is 0.471. The molecule has 0 fully saturated rings. The highest BCUT2D eigenvalue weighted by molar-refractivity contribution is 9.10. The van der Waals surface area contributed by atoms with E-state index in [0.717, 1.165) is 15.7 Å². The highest BCUT2D eigenvalue weighted by Crippen LogP contribution is 2.11. The maximum Gasteiger partial charge on any atom is 0.0583 e. The lowest BCUT2D eigenvalue weighted by molar-refractivity contribution is 0.317. The van der Waals surface area contributed by atoms with Crippen LogP contribution < -0.4 is 0 Å². The van der Waals surface area contributed by atoms with Crippen molar-refractivity contribution in [2.75, 3.05) is 0 Å². The lowest BCUT2D eigenvalue weighted by Crippen LogP contribution is -1.96. The molecule has 3 heteroatoms. The second-order valence-corrected chi connectivity index (χ2v) is 3.55. The molecule has 2 nitrogen and oxygen atoms in total. The monoisotopic (exact) mass is 227 g/mol. The van der Waals surface area contributed by atoms with Gasteiger partial charge < -0.3 is 5.21 Å². The maximum absolute atomic E-state index is 8.43. The average Bonchev–Trinajstić information content (AvgIpc) is 2.09. The molecule has 12 heavy (non-hydrogen) atoms. The Balaban J connectivity index is 2.71. The third-order valence-corrected chi connectivity index (χ3v) is 2.07. The minimum Gasteiger partial charge on any atom is -0.411 e. The van der Waals surface area contributed by atoms with E-state index in [-0.39, 0.29) is 0 Å². The maximum atomic E-state index is 8.43. The smallest absolute Gasteiger partial charge is 0.0583 e. The fourth-order valence-electron chi connectivity index (χ4n) is 0.933. The zero-order valence-electron chi connectivity index (χ0n) is 6.79. The molecule has 0 heterocycles. The molecule has 0 saturated carbocycles. The molecule has 0 spiro atoms. The minimum absolute atomic E-state index is 0.698. The number of hydrogen-bond donors (Lipinski definition) is 1. The summed E-state index contributed by atoms with van der Waals surface area (Å²) in [5.41, 5.74) is 1.87. The van der Waals surface area contributed by atoms with Gasteiger partial charge in [0.2, 0.25) is 0 Å². The van der Waals surface area contributed by atoms with E-state index >= 15 is 0 Å². The molecule has 0 unspecified atom stereocenters. The summed E-state index contributed by atoms with van der Waals surface area (Å²) in [6.07, 6.45) is 0.698. The van der Waals surface area contributed by atoms with Crippen molar-refractivity contribution >= 4 is 21.6 Å². The lowest BCUT2D eigenvalue weighted by Gasteiger charge is -1.98. The number of benzene rings is 1. The van der Waals surface area contributed by atoms with Crippen molar-refractivity contribution in [2.45, 2.75) is 13.3 Å². The topological polar surface area (TPSA) is 32.6 Å². The second-order valence-electron chi connectivity index (χ2n) is 2.64. The largest absolute Gasteiger partial charge is 0.411 e. The SMILES string of the molecule is CC(Cc1ccc(Br)cc1)=NO. The van der Waals surface area contributed by atoms with E-state index < -0.39 is 0 Å². The summed E-state index contributed by atoms with van der Waals surface area (Å²) in [6, 6.07) is 7.94. The molecule has 0 radical (unpaired) electrons. The van der Waals surface area contributed by atoms with Gasteiger partial charge >= 0.3 is 0 Å². The molecule has 0 saturated heterocycles. The van der Waals surface area contributed by atoms with Crippen LogP contribution in [0.25, 0.3) is 0 Å². The molecule has 1 aromatic carbocycles. The van der Waals surface area contributed by atoms with Crippen LogP contribution in [0.4, 0.5) is 0 Å². The van der Waals surface area contributed by atoms with Gasteiger partial charge in [0.05, 0.1) is 5.71 Å². The Bertz CT molecular complexity index is 279.